The van der Waals surface area contributed by atoms with Crippen molar-refractivity contribution in [2.24, 2.45) is 0 Å². The largest absolute Gasteiger partial charge is 0.488 e. The van der Waals surface area contributed by atoms with Gasteiger partial charge in [0.25, 0.3) is 0 Å². The molecule has 1 aromatic carbocycles. The van der Waals surface area contributed by atoms with Gasteiger partial charge in [0, 0.05) is 0 Å². The van der Waals surface area contributed by atoms with Crippen molar-refractivity contribution < 1.29 is 19.6 Å². The Kier molecular flexibility index (Phi) is 3.27. The van der Waals surface area contributed by atoms with Crippen molar-refractivity contribution in [2.45, 2.75) is 6.92 Å². The molecule has 0 aliphatic carbocycles. The van der Waals surface area contributed by atoms with Crippen LogP contribution in [0.4, 0.5) is 0 Å². The van der Waals surface area contributed by atoms with E-state index < -0.39 is 13.1 Å². The molecule has 0 heterocycles. The summed E-state index contributed by atoms with van der Waals surface area (Å²) in [6.07, 6.45) is 0. The lowest BCUT2D eigenvalue weighted by Crippen LogP contribution is -2.30. The van der Waals surface area contributed by atoms with Crippen LogP contribution in [0.25, 0.3) is 0 Å². The molecule has 0 fully saturated rings. The smallest absolute Gasteiger partial charge is 0.465 e. The molecule has 0 radical (unpaired) electrons. The van der Waals surface area contributed by atoms with Gasteiger partial charge in [-0.05, 0) is 24.0 Å². The molecule has 0 atom stereocenters. The average molecular weight is 194 g/mol. The van der Waals surface area contributed by atoms with Crippen molar-refractivity contribution in [2.75, 3.05) is 7.11 Å². The number of ether oxygens (including phenoxy) is 1. The highest BCUT2D eigenvalue weighted by atomic mass is 16.5. The first-order valence-corrected chi connectivity index (χ1v) is 4.11. The first-order valence-electron chi connectivity index (χ1n) is 4.11. The number of carbonyl (C=O) groups excluding carboxylic acids is 1. The Morgan fingerprint density at radius 1 is 1.43 bits per heavy atom. The molecule has 0 bridgehead atoms. The highest BCUT2D eigenvalue weighted by Crippen LogP contribution is 2.07. The zero-order chi connectivity index (χ0) is 10.7. The van der Waals surface area contributed by atoms with E-state index in [4.69, 9.17) is 10.0 Å². The van der Waals surface area contributed by atoms with Crippen LogP contribution in [-0.2, 0) is 4.74 Å². The van der Waals surface area contributed by atoms with Gasteiger partial charge in [0.15, 0.2) is 0 Å². The fraction of sp³-hybridized carbons (Fsp3) is 0.222. The van der Waals surface area contributed by atoms with Crippen LogP contribution in [0.3, 0.4) is 0 Å². The normalized spacial score (nSPS) is 9.71. The van der Waals surface area contributed by atoms with Gasteiger partial charge in [-0.3, -0.25) is 0 Å². The van der Waals surface area contributed by atoms with Gasteiger partial charge in [-0.25, -0.2) is 4.79 Å². The van der Waals surface area contributed by atoms with E-state index in [1.54, 1.807) is 6.92 Å². The quantitative estimate of drug-likeness (QED) is 0.490. The molecular weight excluding hydrogens is 183 g/mol. The van der Waals surface area contributed by atoms with Crippen LogP contribution in [0, 0.1) is 6.92 Å². The second-order valence-corrected chi connectivity index (χ2v) is 2.94. The summed E-state index contributed by atoms with van der Waals surface area (Å²) in [5.74, 6) is -0.429. The predicted molar refractivity (Wildman–Crippen MR) is 52.3 cm³/mol. The predicted octanol–water partition coefficient (Wildman–Crippen LogP) is -0.539. The molecule has 0 saturated heterocycles. The third-order valence-corrected chi connectivity index (χ3v) is 1.95. The molecule has 0 aromatic heterocycles. The maximum absolute atomic E-state index is 11.2. The molecule has 1 rings (SSSR count). The third kappa shape index (κ3) is 2.13. The van der Waals surface area contributed by atoms with E-state index in [0.717, 1.165) is 0 Å². The van der Waals surface area contributed by atoms with Crippen LogP contribution >= 0.6 is 0 Å². The second kappa shape index (κ2) is 4.26. The van der Waals surface area contributed by atoms with Gasteiger partial charge in [0.1, 0.15) is 0 Å². The molecule has 0 aliphatic heterocycles. The van der Waals surface area contributed by atoms with Gasteiger partial charge in [-0.1, -0.05) is 12.1 Å². The molecule has 74 valence electrons. The molecule has 4 nitrogen and oxygen atoms in total. The molecule has 0 aliphatic rings. The van der Waals surface area contributed by atoms with Crippen LogP contribution in [0.15, 0.2) is 18.2 Å². The van der Waals surface area contributed by atoms with E-state index in [-0.39, 0.29) is 0 Å². The monoisotopic (exact) mass is 194 g/mol. The number of hydrogen-bond acceptors (Lipinski definition) is 4. The zero-order valence-electron chi connectivity index (χ0n) is 8.02. The van der Waals surface area contributed by atoms with Gasteiger partial charge in [-0.2, -0.15) is 0 Å². The van der Waals surface area contributed by atoms with Gasteiger partial charge in [-0.15, -0.1) is 0 Å². The van der Waals surface area contributed by atoms with Gasteiger partial charge >= 0.3 is 13.1 Å². The molecule has 14 heavy (non-hydrogen) atoms. The van der Waals surface area contributed by atoms with Crippen molar-refractivity contribution in [3.8, 4) is 0 Å². The Morgan fingerprint density at radius 3 is 2.50 bits per heavy atom. The van der Waals surface area contributed by atoms with E-state index in [1.165, 1.54) is 25.3 Å². The minimum Gasteiger partial charge on any atom is -0.465 e. The van der Waals surface area contributed by atoms with E-state index in [1.807, 2.05) is 0 Å². The lowest BCUT2D eigenvalue weighted by Gasteiger charge is -2.05. The van der Waals surface area contributed by atoms with Crippen LogP contribution in [0.2, 0.25) is 0 Å². The van der Waals surface area contributed by atoms with Gasteiger partial charge in [0.05, 0.1) is 12.7 Å². The maximum atomic E-state index is 11.2. The van der Waals surface area contributed by atoms with Crippen molar-refractivity contribution in [3.05, 3.63) is 29.3 Å². The fourth-order valence-corrected chi connectivity index (χ4v) is 1.19. The molecule has 0 amide bonds. The zero-order valence-corrected chi connectivity index (χ0v) is 8.02. The number of rotatable bonds is 2. The first kappa shape index (κ1) is 10.8. The number of hydrogen-bond donors (Lipinski definition) is 2. The Balaban J connectivity index is 3.07. The minimum atomic E-state index is -1.51. The third-order valence-electron chi connectivity index (χ3n) is 1.95. The van der Waals surface area contributed by atoms with Crippen LogP contribution in [0.1, 0.15) is 15.9 Å². The van der Waals surface area contributed by atoms with Crippen LogP contribution < -0.4 is 5.46 Å². The van der Waals surface area contributed by atoms with E-state index in [2.05, 4.69) is 4.74 Å². The van der Waals surface area contributed by atoms with E-state index in [9.17, 15) is 4.79 Å². The van der Waals surface area contributed by atoms with Crippen molar-refractivity contribution in [1.29, 1.82) is 0 Å². The number of carbonyl (C=O) groups is 1. The molecule has 5 heteroatoms. The van der Waals surface area contributed by atoms with Crippen molar-refractivity contribution in [1.82, 2.24) is 0 Å². The maximum Gasteiger partial charge on any atom is 0.488 e. The molecular formula is C9H11BO4. The fourth-order valence-electron chi connectivity index (χ4n) is 1.19. The summed E-state index contributed by atoms with van der Waals surface area (Å²) < 4.78 is 4.55. The summed E-state index contributed by atoms with van der Waals surface area (Å²) in [6.45, 7) is 1.71. The van der Waals surface area contributed by atoms with Gasteiger partial charge in [0.2, 0.25) is 0 Å². The minimum absolute atomic E-state index is 0.357. The van der Waals surface area contributed by atoms with E-state index in [0.29, 0.717) is 16.6 Å². The Morgan fingerprint density at radius 2 is 2.07 bits per heavy atom. The topological polar surface area (TPSA) is 66.8 Å². The van der Waals surface area contributed by atoms with Crippen LogP contribution in [-0.4, -0.2) is 30.2 Å². The Bertz CT molecular complexity index is 349. The van der Waals surface area contributed by atoms with Crippen molar-refractivity contribution >= 4 is 18.6 Å². The Labute approximate surface area is 82.3 Å². The van der Waals surface area contributed by atoms with Gasteiger partial charge < -0.3 is 14.8 Å². The lowest BCUT2D eigenvalue weighted by atomic mass is 9.79. The lowest BCUT2D eigenvalue weighted by molar-refractivity contribution is 0.0600. The number of methoxy groups -OCH3 is 1. The summed E-state index contributed by atoms with van der Waals surface area (Å²) in [7, 11) is -0.211. The van der Waals surface area contributed by atoms with Crippen LogP contribution in [0.5, 0.6) is 0 Å². The molecule has 0 spiro atoms. The second-order valence-electron chi connectivity index (χ2n) is 2.94. The summed E-state index contributed by atoms with van der Waals surface area (Å²) >= 11 is 0. The average Bonchev–Trinajstić information content (AvgIpc) is 2.16. The number of esters is 1. The standard InChI is InChI=1S/C9H11BO4/c1-6-5-7(10(12)13)3-4-8(6)9(11)14-2/h3-5,12-13H,1-2H3. The summed E-state index contributed by atoms with van der Waals surface area (Å²) in [5, 5.41) is 17.7. The highest BCUT2D eigenvalue weighted by molar-refractivity contribution is 6.58. The molecule has 2 N–H and O–H groups in total. The molecule has 1 aromatic rings. The SMILES string of the molecule is COC(=O)c1ccc(B(O)O)cc1C. The molecule has 0 unspecified atom stereocenters. The summed E-state index contributed by atoms with van der Waals surface area (Å²) in [4.78, 5) is 11.2. The first-order chi connectivity index (χ1) is 6.56. The summed E-state index contributed by atoms with van der Waals surface area (Å²) in [6, 6.07) is 4.52. The number of benzene rings is 1. The Hall–Kier alpha value is -1.33. The summed E-state index contributed by atoms with van der Waals surface area (Å²) in [5.41, 5.74) is 1.44. The van der Waals surface area contributed by atoms with E-state index >= 15 is 0 Å². The molecule has 0 saturated carbocycles. The van der Waals surface area contributed by atoms with Crippen molar-refractivity contribution in [3.63, 3.8) is 0 Å². The number of aryl methyl sites for hydroxylation is 1. The highest BCUT2D eigenvalue weighted by Gasteiger charge is 2.14.